The van der Waals surface area contributed by atoms with Crippen molar-refractivity contribution >= 4 is 5.78 Å². The third-order valence-corrected chi connectivity index (χ3v) is 2.81. The number of hydrogen-bond acceptors (Lipinski definition) is 3. The van der Waals surface area contributed by atoms with Crippen LogP contribution in [0.3, 0.4) is 0 Å². The maximum atomic E-state index is 13.4. The lowest BCUT2D eigenvalue weighted by molar-refractivity contribution is 0.0988. The summed E-state index contributed by atoms with van der Waals surface area (Å²) in [5.41, 5.74) is 0.459. The average molecular weight is 269 g/mol. The number of nitriles is 1. The zero-order valence-electron chi connectivity index (χ0n) is 10.9. The molecule has 0 amide bonds. The van der Waals surface area contributed by atoms with Gasteiger partial charge >= 0.3 is 0 Å². The van der Waals surface area contributed by atoms with Gasteiger partial charge in [0.15, 0.2) is 5.78 Å². The molecule has 0 unspecified atom stereocenters. The second-order valence-corrected chi connectivity index (χ2v) is 4.13. The minimum Gasteiger partial charge on any atom is -0.456 e. The summed E-state index contributed by atoms with van der Waals surface area (Å²) < 4.78 is 18.9. The molecule has 2 rings (SSSR count). The van der Waals surface area contributed by atoms with Crippen molar-refractivity contribution in [3.05, 3.63) is 59.4 Å². The van der Waals surface area contributed by atoms with Crippen LogP contribution in [0, 0.1) is 17.1 Å². The van der Waals surface area contributed by atoms with E-state index in [0.29, 0.717) is 17.7 Å². The number of hydrogen-bond donors (Lipinski definition) is 0. The Labute approximate surface area is 116 Å². The fraction of sp³-hybridized carbons (Fsp3) is 0.125. The number of nitrogens with zero attached hydrogens (tertiary/aromatic N) is 1. The predicted molar refractivity (Wildman–Crippen MR) is 72.3 cm³/mol. The van der Waals surface area contributed by atoms with Crippen molar-refractivity contribution in [2.45, 2.75) is 13.3 Å². The average Bonchev–Trinajstić information content (AvgIpc) is 2.47. The lowest BCUT2D eigenvalue weighted by atomic mass is 10.1. The highest BCUT2D eigenvalue weighted by Gasteiger charge is 2.10. The van der Waals surface area contributed by atoms with Gasteiger partial charge in [-0.3, -0.25) is 4.79 Å². The Bertz CT molecular complexity index is 672. The van der Waals surface area contributed by atoms with E-state index in [1.165, 1.54) is 18.2 Å². The second-order valence-electron chi connectivity index (χ2n) is 4.13. The molecule has 0 aromatic heterocycles. The number of rotatable bonds is 4. The Hall–Kier alpha value is -2.67. The third-order valence-electron chi connectivity index (χ3n) is 2.81. The Balaban J connectivity index is 2.25. The van der Waals surface area contributed by atoms with Crippen molar-refractivity contribution in [1.82, 2.24) is 0 Å². The van der Waals surface area contributed by atoms with E-state index >= 15 is 0 Å². The first-order chi connectivity index (χ1) is 9.65. The molecule has 3 nitrogen and oxygen atoms in total. The van der Waals surface area contributed by atoms with Gasteiger partial charge in [-0.1, -0.05) is 13.0 Å². The highest BCUT2D eigenvalue weighted by Crippen LogP contribution is 2.26. The molecule has 0 fully saturated rings. The van der Waals surface area contributed by atoms with Crippen LogP contribution in [0.4, 0.5) is 4.39 Å². The molecule has 0 saturated carbocycles. The molecule has 100 valence electrons. The van der Waals surface area contributed by atoms with Gasteiger partial charge in [-0.25, -0.2) is 4.39 Å². The number of halogens is 1. The quantitative estimate of drug-likeness (QED) is 0.786. The summed E-state index contributed by atoms with van der Waals surface area (Å²) in [5.74, 6) is 0.0182. The molecule has 4 heteroatoms. The van der Waals surface area contributed by atoms with Gasteiger partial charge in [0, 0.05) is 12.0 Å². The number of ketones is 1. The molecule has 0 N–H and O–H groups in total. The summed E-state index contributed by atoms with van der Waals surface area (Å²) in [5, 5.41) is 8.91. The smallest absolute Gasteiger partial charge is 0.162 e. The fourth-order valence-corrected chi connectivity index (χ4v) is 1.74. The predicted octanol–water partition coefficient (Wildman–Crippen LogP) is 4.08. The zero-order valence-corrected chi connectivity index (χ0v) is 10.9. The zero-order chi connectivity index (χ0) is 14.5. The van der Waals surface area contributed by atoms with Crippen LogP contribution in [-0.2, 0) is 0 Å². The van der Waals surface area contributed by atoms with Gasteiger partial charge in [0.2, 0.25) is 0 Å². The first kappa shape index (κ1) is 13.8. The molecule has 2 aromatic rings. The SMILES string of the molecule is CCC(=O)c1ccc(Oc2cccc(F)c2C#N)cc1. The van der Waals surface area contributed by atoms with Crippen LogP contribution in [0.15, 0.2) is 42.5 Å². The van der Waals surface area contributed by atoms with Crippen molar-refractivity contribution in [3.8, 4) is 17.6 Å². The summed E-state index contributed by atoms with van der Waals surface area (Å²) in [6, 6.07) is 12.5. The monoisotopic (exact) mass is 269 g/mol. The Kier molecular flexibility index (Phi) is 4.11. The number of carbonyl (C=O) groups excluding carboxylic acids is 1. The van der Waals surface area contributed by atoms with Crippen LogP contribution in [-0.4, -0.2) is 5.78 Å². The first-order valence-corrected chi connectivity index (χ1v) is 6.15. The van der Waals surface area contributed by atoms with E-state index in [0.717, 1.165) is 0 Å². The maximum absolute atomic E-state index is 13.4. The van der Waals surface area contributed by atoms with Crippen LogP contribution < -0.4 is 4.74 Å². The van der Waals surface area contributed by atoms with Crippen molar-refractivity contribution in [3.63, 3.8) is 0 Å². The molecule has 0 aliphatic heterocycles. The van der Waals surface area contributed by atoms with E-state index in [4.69, 9.17) is 10.00 Å². The molecule has 0 heterocycles. The number of ether oxygens (including phenoxy) is 1. The molecule has 0 radical (unpaired) electrons. The molecule has 0 bridgehead atoms. The number of Topliss-reactive ketones (excluding diaryl/α,β-unsaturated/α-hetero) is 1. The Morgan fingerprint density at radius 1 is 1.25 bits per heavy atom. The van der Waals surface area contributed by atoms with Crippen molar-refractivity contribution < 1.29 is 13.9 Å². The van der Waals surface area contributed by atoms with E-state index in [1.807, 2.05) is 0 Å². The van der Waals surface area contributed by atoms with Crippen LogP contribution in [0.25, 0.3) is 0 Å². The summed E-state index contributed by atoms with van der Waals surface area (Å²) in [4.78, 5) is 11.5. The van der Waals surface area contributed by atoms with Gasteiger partial charge in [0.05, 0.1) is 0 Å². The summed E-state index contributed by atoms with van der Waals surface area (Å²) in [6.45, 7) is 1.79. The number of carbonyl (C=O) groups is 1. The molecule has 0 atom stereocenters. The Morgan fingerprint density at radius 3 is 2.55 bits per heavy atom. The van der Waals surface area contributed by atoms with Gasteiger partial charge in [0.25, 0.3) is 0 Å². The normalized spacial score (nSPS) is 9.85. The standard InChI is InChI=1S/C16H12FNO2/c1-2-15(19)11-6-8-12(9-7-11)20-16-5-3-4-14(17)13(16)10-18/h3-9H,2H2,1H3. The van der Waals surface area contributed by atoms with E-state index in [2.05, 4.69) is 0 Å². The van der Waals surface area contributed by atoms with Gasteiger partial charge in [-0.2, -0.15) is 5.26 Å². The van der Waals surface area contributed by atoms with Gasteiger partial charge < -0.3 is 4.74 Å². The van der Waals surface area contributed by atoms with Crippen molar-refractivity contribution in [2.24, 2.45) is 0 Å². The largest absolute Gasteiger partial charge is 0.456 e. The lowest BCUT2D eigenvalue weighted by Crippen LogP contribution is -1.96. The highest BCUT2D eigenvalue weighted by molar-refractivity contribution is 5.95. The van der Waals surface area contributed by atoms with Gasteiger partial charge in [0.1, 0.15) is 28.9 Å². The van der Waals surface area contributed by atoms with E-state index in [9.17, 15) is 9.18 Å². The second kappa shape index (κ2) is 5.98. The highest BCUT2D eigenvalue weighted by atomic mass is 19.1. The molecule has 20 heavy (non-hydrogen) atoms. The number of benzene rings is 2. The van der Waals surface area contributed by atoms with Crippen molar-refractivity contribution in [1.29, 1.82) is 5.26 Å². The van der Waals surface area contributed by atoms with E-state index in [1.54, 1.807) is 37.3 Å². The van der Waals surface area contributed by atoms with E-state index in [-0.39, 0.29) is 17.1 Å². The molecule has 2 aromatic carbocycles. The molecule has 0 aliphatic rings. The summed E-state index contributed by atoms with van der Waals surface area (Å²) in [7, 11) is 0. The van der Waals surface area contributed by atoms with Crippen LogP contribution in [0.5, 0.6) is 11.5 Å². The molecule has 0 saturated heterocycles. The topological polar surface area (TPSA) is 50.1 Å². The Morgan fingerprint density at radius 2 is 1.95 bits per heavy atom. The molecule has 0 aliphatic carbocycles. The summed E-state index contributed by atoms with van der Waals surface area (Å²) >= 11 is 0. The minimum atomic E-state index is -0.622. The van der Waals surface area contributed by atoms with Crippen LogP contribution >= 0.6 is 0 Å². The minimum absolute atomic E-state index is 0.0417. The fourth-order valence-electron chi connectivity index (χ4n) is 1.74. The molecular formula is C16H12FNO2. The maximum Gasteiger partial charge on any atom is 0.162 e. The molecule has 0 spiro atoms. The van der Waals surface area contributed by atoms with Crippen LogP contribution in [0.1, 0.15) is 29.3 Å². The van der Waals surface area contributed by atoms with E-state index < -0.39 is 5.82 Å². The first-order valence-electron chi connectivity index (χ1n) is 6.15. The third kappa shape index (κ3) is 2.83. The summed E-state index contributed by atoms with van der Waals surface area (Å²) in [6.07, 6.45) is 0.433. The van der Waals surface area contributed by atoms with Crippen molar-refractivity contribution in [2.75, 3.05) is 0 Å². The molecular weight excluding hydrogens is 257 g/mol. The van der Waals surface area contributed by atoms with Crippen LogP contribution in [0.2, 0.25) is 0 Å². The lowest BCUT2D eigenvalue weighted by Gasteiger charge is -2.08. The van der Waals surface area contributed by atoms with Gasteiger partial charge in [-0.15, -0.1) is 0 Å². The van der Waals surface area contributed by atoms with Gasteiger partial charge in [-0.05, 0) is 36.4 Å².